The van der Waals surface area contributed by atoms with Crippen molar-refractivity contribution < 1.29 is 19.1 Å². The van der Waals surface area contributed by atoms with Gasteiger partial charge in [0.05, 0.1) is 11.3 Å². The number of esters is 1. The number of carbonyl (C=O) groups is 3. The highest BCUT2D eigenvalue weighted by Gasteiger charge is 2.17. The second-order valence-electron chi connectivity index (χ2n) is 5.73. The van der Waals surface area contributed by atoms with E-state index in [1.807, 2.05) is 13.0 Å². The van der Waals surface area contributed by atoms with Gasteiger partial charge in [0.1, 0.15) is 0 Å². The van der Waals surface area contributed by atoms with Crippen LogP contribution >= 0.6 is 0 Å². The van der Waals surface area contributed by atoms with Gasteiger partial charge in [-0.15, -0.1) is 0 Å². The van der Waals surface area contributed by atoms with Crippen molar-refractivity contribution in [2.24, 2.45) is 0 Å². The average molecular weight is 340 g/mol. The zero-order chi connectivity index (χ0) is 18.4. The van der Waals surface area contributed by atoms with Gasteiger partial charge in [0.15, 0.2) is 6.61 Å². The fourth-order valence-corrected chi connectivity index (χ4v) is 2.09. The minimum Gasteiger partial charge on any atom is -0.452 e. The predicted octanol–water partition coefficient (Wildman–Crippen LogP) is 2.49. The second-order valence-corrected chi connectivity index (χ2v) is 5.73. The number of anilines is 1. The molecule has 0 aliphatic rings. The van der Waals surface area contributed by atoms with Gasteiger partial charge >= 0.3 is 5.97 Å². The van der Waals surface area contributed by atoms with E-state index in [2.05, 4.69) is 5.32 Å². The highest BCUT2D eigenvalue weighted by atomic mass is 16.5. The molecule has 0 heterocycles. The van der Waals surface area contributed by atoms with Gasteiger partial charge in [0.2, 0.25) is 0 Å². The number of likely N-dealkylation sites (N-methyl/N-ethyl adjacent to an activating group) is 1. The van der Waals surface area contributed by atoms with Crippen LogP contribution in [0.2, 0.25) is 0 Å². The molecule has 0 aliphatic heterocycles. The lowest BCUT2D eigenvalue weighted by Gasteiger charge is -2.13. The van der Waals surface area contributed by atoms with Crippen molar-refractivity contribution >= 4 is 23.5 Å². The molecular weight excluding hydrogens is 320 g/mol. The lowest BCUT2D eigenvalue weighted by molar-refractivity contribution is -0.131. The molecule has 0 atom stereocenters. The van der Waals surface area contributed by atoms with Crippen molar-refractivity contribution in [1.82, 2.24) is 4.90 Å². The molecular formula is C19H20N2O4. The van der Waals surface area contributed by atoms with Crippen molar-refractivity contribution in [1.29, 1.82) is 0 Å². The Bertz CT molecular complexity index is 800. The molecule has 0 unspecified atom stereocenters. The largest absolute Gasteiger partial charge is 0.452 e. The Morgan fingerprint density at radius 1 is 1.04 bits per heavy atom. The summed E-state index contributed by atoms with van der Waals surface area (Å²) < 4.78 is 5.02. The third kappa shape index (κ3) is 4.91. The molecule has 2 rings (SSSR count). The molecule has 6 nitrogen and oxygen atoms in total. The molecule has 0 saturated heterocycles. The number of benzene rings is 2. The van der Waals surface area contributed by atoms with Crippen LogP contribution in [0, 0.1) is 6.92 Å². The monoisotopic (exact) mass is 340 g/mol. The summed E-state index contributed by atoms with van der Waals surface area (Å²) in [6.07, 6.45) is 0. The number of hydrogen-bond donors (Lipinski definition) is 1. The van der Waals surface area contributed by atoms with E-state index in [4.69, 9.17) is 4.74 Å². The molecule has 2 aromatic rings. The van der Waals surface area contributed by atoms with Crippen molar-refractivity contribution in [2.45, 2.75) is 6.92 Å². The van der Waals surface area contributed by atoms with Crippen LogP contribution in [-0.2, 0) is 9.53 Å². The Kier molecular flexibility index (Phi) is 5.89. The van der Waals surface area contributed by atoms with E-state index >= 15 is 0 Å². The number of amides is 2. The highest BCUT2D eigenvalue weighted by molar-refractivity contribution is 6.08. The lowest BCUT2D eigenvalue weighted by atomic mass is 10.1. The zero-order valence-corrected chi connectivity index (χ0v) is 14.4. The standard InChI is InChI=1S/C19H20N2O4/c1-13-7-6-8-14(11-13)18(23)20-16-10-5-4-9-15(16)19(24)25-12-17(22)21(2)3/h4-11H,12H2,1-3H3,(H,20,23). The molecule has 0 aliphatic carbocycles. The number of nitrogens with one attached hydrogen (secondary N) is 1. The summed E-state index contributed by atoms with van der Waals surface area (Å²) in [6.45, 7) is 1.54. The lowest BCUT2D eigenvalue weighted by Crippen LogP contribution is -2.27. The van der Waals surface area contributed by atoms with Crippen LogP contribution in [0.3, 0.4) is 0 Å². The first-order chi connectivity index (χ1) is 11.9. The van der Waals surface area contributed by atoms with Crippen LogP contribution in [0.15, 0.2) is 48.5 Å². The van der Waals surface area contributed by atoms with E-state index in [1.165, 1.54) is 11.0 Å². The van der Waals surface area contributed by atoms with Gasteiger partial charge in [-0.25, -0.2) is 4.79 Å². The first kappa shape index (κ1) is 18.2. The minimum atomic E-state index is -0.671. The Hall–Kier alpha value is -3.15. The molecule has 0 spiro atoms. The molecule has 2 amide bonds. The van der Waals surface area contributed by atoms with E-state index < -0.39 is 5.97 Å². The first-order valence-corrected chi connectivity index (χ1v) is 7.73. The second kappa shape index (κ2) is 8.10. The van der Waals surface area contributed by atoms with E-state index in [-0.39, 0.29) is 24.0 Å². The number of nitrogens with zero attached hydrogens (tertiary/aromatic N) is 1. The van der Waals surface area contributed by atoms with E-state index in [0.717, 1.165) is 5.56 Å². The van der Waals surface area contributed by atoms with Crippen LogP contribution in [0.5, 0.6) is 0 Å². The molecule has 25 heavy (non-hydrogen) atoms. The topological polar surface area (TPSA) is 75.7 Å². The normalized spacial score (nSPS) is 10.0. The first-order valence-electron chi connectivity index (χ1n) is 7.73. The van der Waals surface area contributed by atoms with Crippen molar-refractivity contribution in [3.05, 3.63) is 65.2 Å². The van der Waals surface area contributed by atoms with Crippen molar-refractivity contribution in [3.8, 4) is 0 Å². The van der Waals surface area contributed by atoms with Crippen molar-refractivity contribution in [3.63, 3.8) is 0 Å². The molecule has 0 saturated carbocycles. The Morgan fingerprint density at radius 2 is 1.76 bits per heavy atom. The molecule has 1 N–H and O–H groups in total. The highest BCUT2D eigenvalue weighted by Crippen LogP contribution is 2.18. The average Bonchev–Trinajstić information content (AvgIpc) is 2.59. The smallest absolute Gasteiger partial charge is 0.340 e. The molecule has 0 fully saturated rings. The quantitative estimate of drug-likeness (QED) is 0.849. The summed E-state index contributed by atoms with van der Waals surface area (Å²) in [5, 5.41) is 2.71. The number of carbonyl (C=O) groups excluding carboxylic acids is 3. The Morgan fingerprint density at radius 3 is 2.44 bits per heavy atom. The van der Waals surface area contributed by atoms with Gasteiger partial charge in [-0.2, -0.15) is 0 Å². The minimum absolute atomic E-state index is 0.190. The molecule has 0 aromatic heterocycles. The maximum atomic E-state index is 12.4. The molecule has 0 bridgehead atoms. The van der Waals surface area contributed by atoms with Crippen LogP contribution in [0.25, 0.3) is 0 Å². The zero-order valence-electron chi connectivity index (χ0n) is 14.4. The number of para-hydroxylation sites is 1. The Labute approximate surface area is 146 Å². The van der Waals surface area contributed by atoms with E-state index in [9.17, 15) is 14.4 Å². The number of rotatable bonds is 5. The summed E-state index contributed by atoms with van der Waals surface area (Å²) in [5.41, 5.74) is 1.97. The van der Waals surface area contributed by atoms with E-state index in [1.54, 1.807) is 50.5 Å². The summed E-state index contributed by atoms with van der Waals surface area (Å²) in [6, 6.07) is 13.6. The fourth-order valence-electron chi connectivity index (χ4n) is 2.09. The third-order valence-corrected chi connectivity index (χ3v) is 3.50. The van der Waals surface area contributed by atoms with Gasteiger partial charge in [-0.1, -0.05) is 29.8 Å². The Balaban J connectivity index is 2.13. The summed E-state index contributed by atoms with van der Waals surface area (Å²) >= 11 is 0. The maximum absolute atomic E-state index is 12.4. The molecule has 130 valence electrons. The SMILES string of the molecule is Cc1cccc(C(=O)Nc2ccccc2C(=O)OCC(=O)N(C)C)c1. The summed E-state index contributed by atoms with van der Waals surface area (Å²) in [4.78, 5) is 37.5. The van der Waals surface area contributed by atoms with Gasteiger partial charge in [-0.05, 0) is 31.2 Å². The van der Waals surface area contributed by atoms with Crippen LogP contribution < -0.4 is 5.32 Å². The van der Waals surface area contributed by atoms with E-state index in [0.29, 0.717) is 11.3 Å². The fraction of sp³-hybridized carbons (Fsp3) is 0.211. The number of ether oxygens (including phenoxy) is 1. The van der Waals surface area contributed by atoms with Crippen LogP contribution in [0.4, 0.5) is 5.69 Å². The summed E-state index contributed by atoms with van der Waals surface area (Å²) in [5.74, 6) is -1.32. The van der Waals surface area contributed by atoms with Crippen molar-refractivity contribution in [2.75, 3.05) is 26.0 Å². The summed E-state index contributed by atoms with van der Waals surface area (Å²) in [7, 11) is 3.15. The van der Waals surface area contributed by atoms with Gasteiger partial charge in [-0.3, -0.25) is 9.59 Å². The third-order valence-electron chi connectivity index (χ3n) is 3.50. The molecule has 2 aromatic carbocycles. The van der Waals surface area contributed by atoms with Gasteiger partial charge in [0.25, 0.3) is 11.8 Å². The predicted molar refractivity (Wildman–Crippen MR) is 94.6 cm³/mol. The van der Waals surface area contributed by atoms with Crippen LogP contribution in [0.1, 0.15) is 26.3 Å². The van der Waals surface area contributed by atoms with Gasteiger partial charge in [0, 0.05) is 19.7 Å². The molecule has 0 radical (unpaired) electrons. The number of aryl methyl sites for hydroxylation is 1. The maximum Gasteiger partial charge on any atom is 0.340 e. The number of hydrogen-bond acceptors (Lipinski definition) is 4. The van der Waals surface area contributed by atoms with Crippen LogP contribution in [-0.4, -0.2) is 43.4 Å². The van der Waals surface area contributed by atoms with Gasteiger partial charge < -0.3 is 15.0 Å². The molecule has 6 heteroatoms.